The fourth-order valence-corrected chi connectivity index (χ4v) is 7.16. The molecule has 1 aliphatic heterocycles. The van der Waals surface area contributed by atoms with E-state index in [4.69, 9.17) is 0 Å². The Morgan fingerprint density at radius 1 is 1.04 bits per heavy atom. The molecule has 0 saturated carbocycles. The van der Waals surface area contributed by atoms with E-state index in [9.17, 15) is 8.42 Å². The van der Waals surface area contributed by atoms with Gasteiger partial charge >= 0.3 is 0 Å². The summed E-state index contributed by atoms with van der Waals surface area (Å²) < 4.78 is 28.1. The third kappa shape index (κ3) is 3.03. The van der Waals surface area contributed by atoms with Crippen molar-refractivity contribution in [1.29, 1.82) is 0 Å². The van der Waals surface area contributed by atoms with Gasteiger partial charge in [-0.15, -0.1) is 22.7 Å². The third-order valence-corrected chi connectivity index (χ3v) is 9.22. The van der Waals surface area contributed by atoms with Gasteiger partial charge in [0.2, 0.25) is 10.0 Å². The predicted molar refractivity (Wildman–Crippen MR) is 107 cm³/mol. The molecule has 0 aliphatic carbocycles. The Morgan fingerprint density at radius 3 is 2.46 bits per heavy atom. The Morgan fingerprint density at radius 2 is 1.77 bits per heavy atom. The molecule has 3 heterocycles. The summed E-state index contributed by atoms with van der Waals surface area (Å²) in [6, 6.07) is 9.88. The number of thiazole rings is 1. The van der Waals surface area contributed by atoms with Crippen LogP contribution in [0.4, 0.5) is 0 Å². The van der Waals surface area contributed by atoms with Crippen molar-refractivity contribution in [3.63, 3.8) is 0 Å². The first-order valence-corrected chi connectivity index (χ1v) is 11.6. The van der Waals surface area contributed by atoms with Crippen LogP contribution < -0.4 is 0 Å². The molecule has 4 nitrogen and oxygen atoms in total. The van der Waals surface area contributed by atoms with E-state index in [0.717, 1.165) is 32.4 Å². The zero-order valence-electron chi connectivity index (χ0n) is 14.9. The highest BCUT2D eigenvalue weighted by Gasteiger charge is 2.31. The molecule has 0 fully saturated rings. The van der Waals surface area contributed by atoms with E-state index < -0.39 is 10.0 Å². The van der Waals surface area contributed by atoms with Crippen molar-refractivity contribution in [2.75, 3.05) is 6.54 Å². The van der Waals surface area contributed by atoms with Crippen LogP contribution in [0.25, 0.3) is 9.88 Å². The molecule has 0 atom stereocenters. The lowest BCUT2D eigenvalue weighted by atomic mass is 10.0. The van der Waals surface area contributed by atoms with E-state index >= 15 is 0 Å². The molecule has 7 heteroatoms. The summed E-state index contributed by atoms with van der Waals surface area (Å²) in [5.74, 6) is 0. The van der Waals surface area contributed by atoms with Gasteiger partial charge in [-0.2, -0.15) is 4.31 Å². The van der Waals surface area contributed by atoms with E-state index in [0.29, 0.717) is 18.0 Å². The highest BCUT2D eigenvalue weighted by molar-refractivity contribution is 7.89. The Kier molecular flexibility index (Phi) is 4.51. The summed E-state index contributed by atoms with van der Waals surface area (Å²) in [4.78, 5) is 7.92. The van der Waals surface area contributed by atoms with Crippen molar-refractivity contribution in [3.05, 3.63) is 56.9 Å². The molecule has 4 rings (SSSR count). The zero-order chi connectivity index (χ0) is 18.5. The minimum absolute atomic E-state index is 0.419. The lowest BCUT2D eigenvalue weighted by molar-refractivity contribution is 0.391. The summed E-state index contributed by atoms with van der Waals surface area (Å²) in [7, 11) is -3.51. The number of aryl methyl sites for hydroxylation is 3. The van der Waals surface area contributed by atoms with E-state index in [1.165, 1.54) is 21.8 Å². The molecule has 136 valence electrons. The third-order valence-electron chi connectivity index (χ3n) is 4.82. The van der Waals surface area contributed by atoms with Crippen LogP contribution in [0.2, 0.25) is 0 Å². The molecule has 0 spiro atoms. The number of rotatable bonds is 3. The van der Waals surface area contributed by atoms with Crippen LogP contribution in [-0.2, 0) is 23.0 Å². The Bertz CT molecular complexity index is 1060. The second-order valence-corrected chi connectivity index (χ2v) is 10.9. The van der Waals surface area contributed by atoms with Crippen molar-refractivity contribution in [2.24, 2.45) is 0 Å². The molecule has 0 saturated heterocycles. The largest absolute Gasteiger partial charge is 0.244 e. The number of hydrogen-bond acceptors (Lipinski definition) is 5. The van der Waals surface area contributed by atoms with Crippen molar-refractivity contribution >= 4 is 32.7 Å². The smallest absolute Gasteiger partial charge is 0.240 e. The predicted octanol–water partition coefficient (Wildman–Crippen LogP) is 4.54. The fourth-order valence-electron chi connectivity index (χ4n) is 3.22. The van der Waals surface area contributed by atoms with Gasteiger partial charge in [0.05, 0.1) is 15.5 Å². The number of fused-ring (bicyclic) bond motifs is 1. The van der Waals surface area contributed by atoms with Crippen LogP contribution in [-0.4, -0.2) is 24.3 Å². The summed E-state index contributed by atoms with van der Waals surface area (Å²) >= 11 is 3.13. The Labute approximate surface area is 162 Å². The van der Waals surface area contributed by atoms with Crippen molar-refractivity contribution in [3.8, 4) is 9.88 Å². The number of aromatic nitrogens is 1. The molecular weight excluding hydrogens is 384 g/mol. The summed E-state index contributed by atoms with van der Waals surface area (Å²) in [6.45, 7) is 6.88. The maximum Gasteiger partial charge on any atom is 0.244 e. The van der Waals surface area contributed by atoms with Gasteiger partial charge in [0.25, 0.3) is 0 Å². The number of thiophene rings is 1. The molecule has 1 aliphatic rings. The van der Waals surface area contributed by atoms with Gasteiger partial charge in [0.1, 0.15) is 5.01 Å². The normalized spacial score (nSPS) is 15.2. The van der Waals surface area contributed by atoms with Crippen LogP contribution in [0.1, 0.15) is 26.6 Å². The fraction of sp³-hybridized carbons (Fsp3) is 0.316. The maximum absolute atomic E-state index is 13.3. The molecule has 0 unspecified atom stereocenters. The molecule has 0 bridgehead atoms. The molecule has 0 radical (unpaired) electrons. The summed E-state index contributed by atoms with van der Waals surface area (Å²) in [5, 5.41) is 0.901. The van der Waals surface area contributed by atoms with Gasteiger partial charge < -0.3 is 0 Å². The van der Waals surface area contributed by atoms with Gasteiger partial charge in [-0.25, -0.2) is 13.4 Å². The second-order valence-electron chi connectivity index (χ2n) is 6.55. The molecular formula is C19H20N2O2S3. The Hall–Kier alpha value is -1.54. The minimum atomic E-state index is -3.51. The van der Waals surface area contributed by atoms with E-state index in [1.807, 2.05) is 39.0 Å². The number of sulfonamides is 1. The van der Waals surface area contributed by atoms with Crippen molar-refractivity contribution < 1.29 is 8.42 Å². The standard InChI is InChI=1S/C19H20N2O2S3/c1-12-13(2)25-19(20-12)17-10-18(14(3)24-17)26(22,23)21-9-8-15-6-4-5-7-16(15)11-21/h4-7,10H,8-9,11H2,1-3H3. The van der Waals surface area contributed by atoms with Crippen LogP contribution in [0.5, 0.6) is 0 Å². The highest BCUT2D eigenvalue weighted by atomic mass is 32.2. The molecule has 3 aromatic rings. The lowest BCUT2D eigenvalue weighted by Crippen LogP contribution is -2.36. The first kappa shape index (κ1) is 17.9. The number of benzene rings is 1. The van der Waals surface area contributed by atoms with Gasteiger partial charge in [-0.1, -0.05) is 24.3 Å². The maximum atomic E-state index is 13.3. The number of nitrogens with zero attached hydrogens (tertiary/aromatic N) is 2. The minimum Gasteiger partial charge on any atom is -0.240 e. The zero-order valence-corrected chi connectivity index (χ0v) is 17.4. The van der Waals surface area contributed by atoms with E-state index in [-0.39, 0.29) is 0 Å². The topological polar surface area (TPSA) is 50.3 Å². The molecule has 26 heavy (non-hydrogen) atoms. The average molecular weight is 405 g/mol. The van der Waals surface area contributed by atoms with Crippen molar-refractivity contribution in [2.45, 2.75) is 38.6 Å². The van der Waals surface area contributed by atoms with Gasteiger partial charge in [0, 0.05) is 22.8 Å². The number of hydrogen-bond donors (Lipinski definition) is 0. The van der Waals surface area contributed by atoms with Gasteiger partial charge in [-0.05, 0) is 44.4 Å². The van der Waals surface area contributed by atoms with Crippen LogP contribution in [0.3, 0.4) is 0 Å². The monoisotopic (exact) mass is 404 g/mol. The van der Waals surface area contributed by atoms with E-state index in [1.54, 1.807) is 21.7 Å². The van der Waals surface area contributed by atoms with Crippen LogP contribution in [0, 0.1) is 20.8 Å². The first-order valence-electron chi connectivity index (χ1n) is 8.48. The summed E-state index contributed by atoms with van der Waals surface area (Å²) in [5.41, 5.74) is 3.35. The Balaban J connectivity index is 1.69. The van der Waals surface area contributed by atoms with Crippen LogP contribution >= 0.6 is 22.7 Å². The molecule has 0 N–H and O–H groups in total. The summed E-state index contributed by atoms with van der Waals surface area (Å²) in [6.07, 6.45) is 0.760. The molecule has 1 aromatic carbocycles. The highest BCUT2D eigenvalue weighted by Crippen LogP contribution is 2.38. The second kappa shape index (κ2) is 6.56. The van der Waals surface area contributed by atoms with Gasteiger partial charge in [0.15, 0.2) is 0 Å². The van der Waals surface area contributed by atoms with Crippen molar-refractivity contribution in [1.82, 2.24) is 9.29 Å². The first-order chi connectivity index (χ1) is 12.4. The molecule has 0 amide bonds. The SMILES string of the molecule is Cc1nc(-c2cc(S(=O)(=O)N3CCc4ccccc4C3)c(C)s2)sc1C. The quantitative estimate of drug-likeness (QED) is 0.644. The van der Waals surface area contributed by atoms with E-state index in [2.05, 4.69) is 11.1 Å². The van der Waals surface area contributed by atoms with Crippen LogP contribution in [0.15, 0.2) is 35.2 Å². The lowest BCUT2D eigenvalue weighted by Gasteiger charge is -2.28. The van der Waals surface area contributed by atoms with Gasteiger partial charge in [-0.3, -0.25) is 0 Å². The average Bonchev–Trinajstić information content (AvgIpc) is 3.17. The molecule has 2 aromatic heterocycles.